The number of aromatic nitrogens is 5. The van der Waals surface area contributed by atoms with Crippen LogP contribution in [0.3, 0.4) is 0 Å². The minimum atomic E-state index is 0.232. The molecule has 1 fully saturated rings. The molecule has 4 N–H and O–H groups in total. The van der Waals surface area contributed by atoms with Gasteiger partial charge in [0.05, 0.1) is 6.26 Å². The molecule has 0 unspecified atom stereocenters. The van der Waals surface area contributed by atoms with Crippen molar-refractivity contribution >= 4 is 23.4 Å². The largest absolute Gasteiger partial charge is 0.492 e. The number of nitrogens with two attached hydrogens (primary N) is 2. The van der Waals surface area contributed by atoms with Crippen LogP contribution in [-0.2, 0) is 0 Å². The number of ether oxygens (including phenoxy) is 1. The second kappa shape index (κ2) is 10.2. The smallest absolute Gasteiger partial charge is 0.259 e. The molecule has 3 aromatic heterocycles. The minimum Gasteiger partial charge on any atom is -0.492 e. The summed E-state index contributed by atoms with van der Waals surface area (Å²) in [5, 5.41) is 4.34. The molecule has 5 rings (SSSR count). The van der Waals surface area contributed by atoms with Gasteiger partial charge in [-0.15, -0.1) is 5.10 Å². The highest BCUT2D eigenvalue weighted by Crippen LogP contribution is 2.21. The Balaban J connectivity index is 1.15. The number of likely N-dealkylation sites (N-methyl/N-ethyl adjacent to an activating group) is 1. The summed E-state index contributed by atoms with van der Waals surface area (Å²) >= 11 is 0. The molecule has 1 aromatic carbocycles. The van der Waals surface area contributed by atoms with E-state index >= 15 is 0 Å². The van der Waals surface area contributed by atoms with Crippen molar-refractivity contribution in [3.63, 3.8) is 0 Å². The molecule has 12 heteroatoms. The summed E-state index contributed by atoms with van der Waals surface area (Å²) in [4.78, 5) is 20.2. The Morgan fingerprint density at radius 1 is 1.06 bits per heavy atom. The van der Waals surface area contributed by atoms with Crippen molar-refractivity contribution in [2.24, 2.45) is 5.73 Å². The quantitative estimate of drug-likeness (QED) is 0.355. The third-order valence-electron chi connectivity index (χ3n) is 6.02. The molecule has 0 amide bonds. The first-order valence-electron chi connectivity index (χ1n) is 11.7. The lowest BCUT2D eigenvalue weighted by Crippen LogP contribution is -2.48. The standard InChI is InChI=1S/C23H30N10O2/c1-30(22-27-21(25)33-23(28-22)26-20(29-33)19-3-2-15-35-19)9-10-31-11-13-32(14-12-31)17-4-6-18(7-5-17)34-16-8-24/h2-7,15H,8-14,16,24H2,1H3,(H2,25,26,27,28,29). The van der Waals surface area contributed by atoms with Gasteiger partial charge in [-0.3, -0.25) is 4.90 Å². The van der Waals surface area contributed by atoms with E-state index in [-0.39, 0.29) is 5.95 Å². The number of hydrogen-bond acceptors (Lipinski definition) is 11. The van der Waals surface area contributed by atoms with E-state index in [1.54, 1.807) is 18.4 Å². The highest BCUT2D eigenvalue weighted by molar-refractivity contribution is 5.53. The van der Waals surface area contributed by atoms with E-state index in [9.17, 15) is 0 Å². The van der Waals surface area contributed by atoms with E-state index in [4.69, 9.17) is 20.6 Å². The number of hydrogen-bond donors (Lipinski definition) is 2. The molecule has 0 spiro atoms. The number of piperazine rings is 1. The molecule has 0 bridgehead atoms. The van der Waals surface area contributed by atoms with E-state index in [2.05, 4.69) is 42.0 Å². The van der Waals surface area contributed by atoms with Crippen LogP contribution in [-0.4, -0.2) is 88.9 Å². The SMILES string of the molecule is CN(CCN1CCN(c2ccc(OCCN)cc2)CC1)c1nc(N)n2nc(-c3ccco3)nc2n1. The molecule has 4 heterocycles. The Morgan fingerprint density at radius 2 is 1.86 bits per heavy atom. The second-order valence-corrected chi connectivity index (χ2v) is 8.39. The lowest BCUT2D eigenvalue weighted by atomic mass is 10.2. The molecule has 12 nitrogen and oxygen atoms in total. The lowest BCUT2D eigenvalue weighted by molar-refractivity contribution is 0.263. The first kappa shape index (κ1) is 22.9. The van der Waals surface area contributed by atoms with Crippen LogP contribution in [0, 0.1) is 0 Å². The summed E-state index contributed by atoms with van der Waals surface area (Å²) in [5.41, 5.74) is 12.8. The molecule has 0 aliphatic carbocycles. The average Bonchev–Trinajstić information content (AvgIpc) is 3.57. The normalized spacial score (nSPS) is 14.5. The van der Waals surface area contributed by atoms with E-state index in [0.29, 0.717) is 36.5 Å². The monoisotopic (exact) mass is 478 g/mol. The maximum atomic E-state index is 6.13. The van der Waals surface area contributed by atoms with Gasteiger partial charge in [0, 0.05) is 58.5 Å². The van der Waals surface area contributed by atoms with E-state index in [1.807, 2.05) is 24.1 Å². The van der Waals surface area contributed by atoms with Gasteiger partial charge in [-0.2, -0.15) is 19.5 Å². The van der Waals surface area contributed by atoms with Gasteiger partial charge < -0.3 is 30.4 Å². The van der Waals surface area contributed by atoms with Crippen LogP contribution in [0.25, 0.3) is 17.4 Å². The van der Waals surface area contributed by atoms with Crippen molar-refractivity contribution in [1.82, 2.24) is 29.5 Å². The number of furan rings is 1. The predicted octanol–water partition coefficient (Wildman–Crippen LogP) is 0.957. The van der Waals surface area contributed by atoms with Gasteiger partial charge in [0.1, 0.15) is 12.4 Å². The maximum absolute atomic E-state index is 6.13. The number of benzene rings is 1. The molecule has 184 valence electrons. The summed E-state index contributed by atoms with van der Waals surface area (Å²) in [5.74, 6) is 2.97. The molecule has 35 heavy (non-hydrogen) atoms. The summed E-state index contributed by atoms with van der Waals surface area (Å²) < 4.78 is 12.4. The van der Waals surface area contributed by atoms with E-state index in [0.717, 1.165) is 45.0 Å². The second-order valence-electron chi connectivity index (χ2n) is 8.39. The van der Waals surface area contributed by atoms with Gasteiger partial charge in [-0.25, -0.2) is 0 Å². The summed E-state index contributed by atoms with van der Waals surface area (Å²) in [6, 6.07) is 11.8. The van der Waals surface area contributed by atoms with Crippen LogP contribution in [0.15, 0.2) is 47.1 Å². The zero-order valence-electron chi connectivity index (χ0n) is 19.7. The highest BCUT2D eigenvalue weighted by Gasteiger charge is 2.19. The van der Waals surface area contributed by atoms with Crippen LogP contribution in [0.1, 0.15) is 0 Å². The molecule has 4 aromatic rings. The Bertz CT molecular complexity index is 1230. The molecule has 1 saturated heterocycles. The van der Waals surface area contributed by atoms with Gasteiger partial charge in [0.2, 0.25) is 17.7 Å². The highest BCUT2D eigenvalue weighted by atomic mass is 16.5. The number of fused-ring (bicyclic) bond motifs is 1. The minimum absolute atomic E-state index is 0.232. The molecule has 0 radical (unpaired) electrons. The topological polar surface area (TPSA) is 140 Å². The van der Waals surface area contributed by atoms with Gasteiger partial charge in [-0.05, 0) is 36.4 Å². The molecule has 1 aliphatic heterocycles. The fourth-order valence-electron chi connectivity index (χ4n) is 4.03. The van der Waals surface area contributed by atoms with Gasteiger partial charge >= 0.3 is 0 Å². The van der Waals surface area contributed by atoms with E-state index < -0.39 is 0 Å². The average molecular weight is 479 g/mol. The Kier molecular flexibility index (Phi) is 6.64. The van der Waals surface area contributed by atoms with Gasteiger partial charge in [0.15, 0.2) is 5.76 Å². The number of anilines is 3. The molecular weight excluding hydrogens is 448 g/mol. The van der Waals surface area contributed by atoms with Crippen molar-refractivity contribution in [2.75, 3.05) is 75.0 Å². The lowest BCUT2D eigenvalue weighted by Gasteiger charge is -2.36. The molecule has 1 aliphatic rings. The van der Waals surface area contributed by atoms with Crippen LogP contribution in [0.4, 0.5) is 17.6 Å². The van der Waals surface area contributed by atoms with E-state index in [1.165, 1.54) is 10.2 Å². The van der Waals surface area contributed by atoms with Crippen molar-refractivity contribution < 1.29 is 9.15 Å². The zero-order valence-corrected chi connectivity index (χ0v) is 19.7. The number of nitrogens with zero attached hydrogens (tertiary/aromatic N) is 8. The fraction of sp³-hybridized carbons (Fsp3) is 0.391. The van der Waals surface area contributed by atoms with Crippen molar-refractivity contribution in [3.8, 4) is 17.3 Å². The molecular formula is C23H30N10O2. The zero-order chi connectivity index (χ0) is 24.2. The summed E-state index contributed by atoms with van der Waals surface area (Å²) in [6.45, 7) is 6.62. The fourth-order valence-corrected chi connectivity index (χ4v) is 4.03. The maximum Gasteiger partial charge on any atom is 0.259 e. The van der Waals surface area contributed by atoms with Gasteiger partial charge in [-0.1, -0.05) is 0 Å². The first-order chi connectivity index (χ1) is 17.1. The van der Waals surface area contributed by atoms with Gasteiger partial charge in [0.25, 0.3) is 5.78 Å². The van der Waals surface area contributed by atoms with Crippen LogP contribution >= 0.6 is 0 Å². The first-order valence-corrected chi connectivity index (χ1v) is 11.7. The third kappa shape index (κ3) is 5.12. The Hall–Kier alpha value is -3.90. The van der Waals surface area contributed by atoms with Crippen LogP contribution < -0.4 is 26.0 Å². The Labute approximate surface area is 203 Å². The number of rotatable bonds is 9. The molecule has 0 saturated carbocycles. The predicted molar refractivity (Wildman–Crippen MR) is 134 cm³/mol. The van der Waals surface area contributed by atoms with Crippen molar-refractivity contribution in [3.05, 3.63) is 42.7 Å². The van der Waals surface area contributed by atoms with Crippen molar-refractivity contribution in [2.45, 2.75) is 0 Å². The third-order valence-corrected chi connectivity index (χ3v) is 6.02. The number of nitrogen functional groups attached to an aromatic ring is 1. The van der Waals surface area contributed by atoms with Crippen LogP contribution in [0.5, 0.6) is 5.75 Å². The molecule has 0 atom stereocenters. The van der Waals surface area contributed by atoms with Crippen molar-refractivity contribution in [1.29, 1.82) is 0 Å². The summed E-state index contributed by atoms with van der Waals surface area (Å²) in [7, 11) is 1.96. The summed E-state index contributed by atoms with van der Waals surface area (Å²) in [6.07, 6.45) is 1.57. The Morgan fingerprint density at radius 3 is 2.57 bits per heavy atom. The van der Waals surface area contributed by atoms with Crippen LogP contribution in [0.2, 0.25) is 0 Å².